The van der Waals surface area contributed by atoms with Gasteiger partial charge in [-0.05, 0) is 60.5 Å². The number of urea groups is 1. The molecule has 0 bridgehead atoms. The van der Waals surface area contributed by atoms with Crippen molar-refractivity contribution < 1.29 is 19.4 Å². The molecule has 1 fully saturated rings. The van der Waals surface area contributed by atoms with Crippen LogP contribution in [0.3, 0.4) is 0 Å². The van der Waals surface area contributed by atoms with E-state index in [0.29, 0.717) is 22.7 Å². The van der Waals surface area contributed by atoms with E-state index in [9.17, 15) is 14.7 Å². The first kappa shape index (κ1) is 17.5. The van der Waals surface area contributed by atoms with E-state index in [2.05, 4.69) is 10.3 Å². The van der Waals surface area contributed by atoms with Gasteiger partial charge in [0.05, 0.1) is 11.9 Å². The quantitative estimate of drug-likeness (QED) is 0.679. The molecular weight excluding hydrogens is 358 g/mol. The minimum Gasteiger partial charge on any atom is -0.508 e. The average Bonchev–Trinajstić information content (AvgIpc) is 2.99. The van der Waals surface area contributed by atoms with Gasteiger partial charge < -0.3 is 15.2 Å². The highest BCUT2D eigenvalue weighted by atomic mass is 16.5. The van der Waals surface area contributed by atoms with Crippen LogP contribution in [0.5, 0.6) is 17.2 Å². The van der Waals surface area contributed by atoms with Crippen molar-refractivity contribution in [3.63, 3.8) is 0 Å². The van der Waals surface area contributed by atoms with Crippen LogP contribution >= 0.6 is 0 Å². The smallest absolute Gasteiger partial charge is 0.329 e. The van der Waals surface area contributed by atoms with Crippen LogP contribution in [0.1, 0.15) is 17.2 Å². The molecule has 1 aliphatic heterocycles. The molecule has 3 amide bonds. The van der Waals surface area contributed by atoms with Gasteiger partial charge in [0, 0.05) is 6.20 Å². The lowest BCUT2D eigenvalue weighted by Crippen LogP contribution is -2.30. The minimum atomic E-state index is -0.792. The minimum absolute atomic E-state index is 0.0946. The third-order valence-corrected chi connectivity index (χ3v) is 4.44. The van der Waals surface area contributed by atoms with Gasteiger partial charge >= 0.3 is 6.03 Å². The molecule has 1 saturated heterocycles. The van der Waals surface area contributed by atoms with Crippen LogP contribution < -0.4 is 15.0 Å². The highest BCUT2D eigenvalue weighted by Gasteiger charge is 2.40. The van der Waals surface area contributed by atoms with Gasteiger partial charge in [-0.3, -0.25) is 9.78 Å². The van der Waals surface area contributed by atoms with Crippen LogP contribution in [0, 0.1) is 6.92 Å². The number of aryl methyl sites for hydroxylation is 1. The second-order valence-electron chi connectivity index (χ2n) is 6.39. The lowest BCUT2D eigenvalue weighted by atomic mass is 10.1. The molecule has 4 rings (SSSR count). The van der Waals surface area contributed by atoms with Crippen molar-refractivity contribution in [2.75, 3.05) is 4.90 Å². The number of phenolic OH excluding ortho intramolecular Hbond substituents is 1. The summed E-state index contributed by atoms with van der Waals surface area (Å²) in [4.78, 5) is 30.4. The van der Waals surface area contributed by atoms with Crippen molar-refractivity contribution in [3.8, 4) is 17.2 Å². The Morgan fingerprint density at radius 2 is 1.89 bits per heavy atom. The number of phenols is 1. The Kier molecular flexibility index (Phi) is 4.41. The number of carbonyl (C=O) groups excluding carboxylic acids is 2. The number of nitrogens with one attached hydrogen (secondary N) is 1. The summed E-state index contributed by atoms with van der Waals surface area (Å²) in [5.41, 5.74) is 1.83. The molecule has 0 saturated carbocycles. The Hall–Kier alpha value is -3.87. The van der Waals surface area contributed by atoms with Crippen LogP contribution in [0.25, 0.3) is 0 Å². The van der Waals surface area contributed by atoms with Crippen molar-refractivity contribution in [2.24, 2.45) is 0 Å². The Balaban J connectivity index is 1.58. The van der Waals surface area contributed by atoms with E-state index in [4.69, 9.17) is 4.74 Å². The monoisotopic (exact) mass is 375 g/mol. The van der Waals surface area contributed by atoms with E-state index in [1.165, 1.54) is 12.1 Å². The fraction of sp³-hybridized carbons (Fsp3) is 0.0952. The van der Waals surface area contributed by atoms with E-state index >= 15 is 0 Å². The van der Waals surface area contributed by atoms with Crippen LogP contribution in [0.4, 0.5) is 10.5 Å². The molecule has 1 aliphatic rings. The fourth-order valence-corrected chi connectivity index (χ4v) is 3.04. The van der Waals surface area contributed by atoms with Crippen molar-refractivity contribution in [1.29, 1.82) is 0 Å². The van der Waals surface area contributed by atoms with Crippen LogP contribution in [-0.2, 0) is 4.79 Å². The molecule has 0 radical (unpaired) electrons. The van der Waals surface area contributed by atoms with Gasteiger partial charge in [-0.25, -0.2) is 9.69 Å². The van der Waals surface area contributed by atoms with E-state index in [1.807, 2.05) is 6.92 Å². The zero-order valence-corrected chi connectivity index (χ0v) is 15.0. The molecule has 1 atom stereocenters. The maximum atomic E-state index is 12.8. The summed E-state index contributed by atoms with van der Waals surface area (Å²) < 4.78 is 5.79. The summed E-state index contributed by atoms with van der Waals surface area (Å²) in [7, 11) is 0. The van der Waals surface area contributed by atoms with E-state index in [-0.39, 0.29) is 11.7 Å². The molecular formula is C21H17N3O4. The van der Waals surface area contributed by atoms with Gasteiger partial charge in [-0.1, -0.05) is 12.1 Å². The number of imide groups is 1. The third kappa shape index (κ3) is 3.25. The molecule has 140 valence electrons. The standard InChI is InChI=1S/C21H17N3O4/c1-13-11-15(6-9-18(13)28-17-3-2-10-22-12-17)24-20(26)19(23-21(24)27)14-4-7-16(25)8-5-14/h2-12,19,25H,1H3,(H,23,27). The molecule has 2 heterocycles. The third-order valence-electron chi connectivity index (χ3n) is 4.44. The molecule has 7 heteroatoms. The predicted molar refractivity (Wildman–Crippen MR) is 102 cm³/mol. The lowest BCUT2D eigenvalue weighted by molar-refractivity contribution is -0.118. The summed E-state index contributed by atoms with van der Waals surface area (Å²) in [5.74, 6) is 0.924. The molecule has 0 aliphatic carbocycles. The van der Waals surface area contributed by atoms with Gasteiger partial charge in [-0.2, -0.15) is 0 Å². The molecule has 3 aromatic rings. The summed E-state index contributed by atoms with van der Waals surface area (Å²) in [6.07, 6.45) is 3.26. The number of benzene rings is 2. The number of hydrogen-bond donors (Lipinski definition) is 2. The maximum absolute atomic E-state index is 12.8. The molecule has 1 aromatic heterocycles. The first-order chi connectivity index (χ1) is 13.5. The second-order valence-corrected chi connectivity index (χ2v) is 6.39. The number of anilines is 1. The highest BCUT2D eigenvalue weighted by Crippen LogP contribution is 2.32. The summed E-state index contributed by atoms with van der Waals surface area (Å²) >= 11 is 0. The van der Waals surface area contributed by atoms with Gasteiger partial charge in [0.2, 0.25) is 0 Å². The van der Waals surface area contributed by atoms with Gasteiger partial charge in [-0.15, -0.1) is 0 Å². The Bertz CT molecular complexity index is 1040. The molecule has 0 spiro atoms. The Morgan fingerprint density at radius 3 is 2.57 bits per heavy atom. The summed E-state index contributed by atoms with van der Waals surface area (Å²) in [6.45, 7) is 1.84. The Labute approximate surface area is 161 Å². The number of amides is 3. The van der Waals surface area contributed by atoms with Crippen molar-refractivity contribution >= 4 is 17.6 Å². The number of rotatable bonds is 4. The number of hydrogen-bond acceptors (Lipinski definition) is 5. The maximum Gasteiger partial charge on any atom is 0.329 e. The zero-order valence-electron chi connectivity index (χ0n) is 15.0. The highest BCUT2D eigenvalue weighted by molar-refractivity contribution is 6.21. The van der Waals surface area contributed by atoms with Crippen LogP contribution in [0.2, 0.25) is 0 Å². The molecule has 28 heavy (non-hydrogen) atoms. The second kappa shape index (κ2) is 7.03. The fourth-order valence-electron chi connectivity index (χ4n) is 3.04. The van der Waals surface area contributed by atoms with Crippen LogP contribution in [0.15, 0.2) is 67.0 Å². The number of carbonyl (C=O) groups is 2. The van der Waals surface area contributed by atoms with Crippen molar-refractivity contribution in [2.45, 2.75) is 13.0 Å². The van der Waals surface area contributed by atoms with Gasteiger partial charge in [0.15, 0.2) is 0 Å². The van der Waals surface area contributed by atoms with E-state index in [1.54, 1.807) is 54.9 Å². The summed E-state index contributed by atoms with van der Waals surface area (Å²) in [6, 6.07) is 13.6. The molecule has 1 unspecified atom stereocenters. The lowest BCUT2D eigenvalue weighted by Gasteiger charge is -2.16. The Morgan fingerprint density at radius 1 is 1.11 bits per heavy atom. The number of nitrogens with zero attached hydrogens (tertiary/aromatic N) is 2. The van der Waals surface area contributed by atoms with Gasteiger partial charge in [0.25, 0.3) is 5.91 Å². The SMILES string of the molecule is Cc1cc(N2C(=O)NC(c3ccc(O)cc3)C2=O)ccc1Oc1cccnc1. The predicted octanol–water partition coefficient (Wildman–Crippen LogP) is 3.69. The van der Waals surface area contributed by atoms with E-state index < -0.39 is 12.1 Å². The number of aromatic hydroxyl groups is 1. The van der Waals surface area contributed by atoms with Crippen molar-refractivity contribution in [1.82, 2.24) is 10.3 Å². The zero-order chi connectivity index (χ0) is 19.7. The number of ether oxygens (including phenoxy) is 1. The first-order valence-corrected chi connectivity index (χ1v) is 8.65. The van der Waals surface area contributed by atoms with Gasteiger partial charge in [0.1, 0.15) is 23.3 Å². The molecule has 7 nitrogen and oxygen atoms in total. The normalized spacial score (nSPS) is 16.2. The van der Waals surface area contributed by atoms with E-state index in [0.717, 1.165) is 10.5 Å². The van der Waals surface area contributed by atoms with Crippen LogP contribution in [-0.4, -0.2) is 22.0 Å². The molecule has 2 aromatic carbocycles. The van der Waals surface area contributed by atoms with Crippen molar-refractivity contribution in [3.05, 3.63) is 78.1 Å². The number of pyridine rings is 1. The average molecular weight is 375 g/mol. The largest absolute Gasteiger partial charge is 0.508 e. The topological polar surface area (TPSA) is 91.8 Å². The summed E-state index contributed by atoms with van der Waals surface area (Å²) in [5, 5.41) is 12.1. The molecule has 2 N–H and O–H groups in total. The first-order valence-electron chi connectivity index (χ1n) is 8.65. The number of aromatic nitrogens is 1.